The van der Waals surface area contributed by atoms with Gasteiger partial charge in [-0.05, 0) is 48.9 Å². The van der Waals surface area contributed by atoms with E-state index in [1.165, 1.54) is 14.2 Å². The predicted octanol–water partition coefficient (Wildman–Crippen LogP) is 3.59. The molecule has 0 saturated heterocycles. The van der Waals surface area contributed by atoms with Gasteiger partial charge < -0.3 is 24.8 Å². The van der Waals surface area contributed by atoms with E-state index in [9.17, 15) is 19.6 Å². The van der Waals surface area contributed by atoms with Crippen molar-refractivity contribution in [2.75, 3.05) is 31.9 Å². The summed E-state index contributed by atoms with van der Waals surface area (Å²) in [5.41, 5.74) is 2.00. The number of rotatable bonds is 9. The van der Waals surface area contributed by atoms with Crippen molar-refractivity contribution < 1.29 is 28.6 Å². The molecule has 9 nitrogen and oxygen atoms in total. The summed E-state index contributed by atoms with van der Waals surface area (Å²) in [6, 6.07) is 13.8. The van der Waals surface area contributed by atoms with E-state index in [4.69, 9.17) is 14.2 Å². The first-order valence-electron chi connectivity index (χ1n) is 10.8. The molecule has 0 spiro atoms. The molecule has 0 aromatic heterocycles. The SMILES string of the molecule is CCOC(=O)c1ccc(NC(=O)CSC2=C(C#N)[C@@H](c3ccc(OC)c(OC)c3)CC(=O)N2)cc1. The number of carbonyl (C=O) groups is 3. The molecule has 1 aliphatic rings. The monoisotopic (exact) mass is 495 g/mol. The zero-order valence-corrected chi connectivity index (χ0v) is 20.4. The molecule has 0 bridgehead atoms. The summed E-state index contributed by atoms with van der Waals surface area (Å²) >= 11 is 1.07. The molecule has 35 heavy (non-hydrogen) atoms. The van der Waals surface area contributed by atoms with Crippen LogP contribution in [0, 0.1) is 11.3 Å². The highest BCUT2D eigenvalue weighted by atomic mass is 32.2. The van der Waals surface area contributed by atoms with Gasteiger partial charge >= 0.3 is 5.97 Å². The van der Waals surface area contributed by atoms with Crippen LogP contribution < -0.4 is 20.1 Å². The summed E-state index contributed by atoms with van der Waals surface area (Å²) in [6.45, 7) is 2.00. The van der Waals surface area contributed by atoms with Gasteiger partial charge in [0.05, 0.1) is 48.8 Å². The smallest absolute Gasteiger partial charge is 0.338 e. The van der Waals surface area contributed by atoms with E-state index < -0.39 is 11.9 Å². The van der Waals surface area contributed by atoms with Crippen molar-refractivity contribution in [1.82, 2.24) is 5.32 Å². The van der Waals surface area contributed by atoms with Gasteiger partial charge in [0, 0.05) is 18.0 Å². The molecule has 0 saturated carbocycles. The third kappa shape index (κ3) is 6.33. The molecule has 2 N–H and O–H groups in total. The molecular weight excluding hydrogens is 470 g/mol. The maximum absolute atomic E-state index is 12.5. The topological polar surface area (TPSA) is 127 Å². The van der Waals surface area contributed by atoms with Gasteiger partial charge in [0.15, 0.2) is 11.5 Å². The van der Waals surface area contributed by atoms with Gasteiger partial charge in [0.2, 0.25) is 11.8 Å². The minimum atomic E-state index is -0.477. The van der Waals surface area contributed by atoms with Gasteiger partial charge in [-0.3, -0.25) is 9.59 Å². The lowest BCUT2D eigenvalue weighted by atomic mass is 9.87. The number of methoxy groups -OCH3 is 2. The molecule has 0 unspecified atom stereocenters. The maximum atomic E-state index is 12.5. The zero-order valence-electron chi connectivity index (χ0n) is 19.5. The van der Waals surface area contributed by atoms with Crippen LogP contribution in [0.25, 0.3) is 0 Å². The summed E-state index contributed by atoms with van der Waals surface area (Å²) in [5.74, 6) is -0.480. The van der Waals surface area contributed by atoms with E-state index in [1.807, 2.05) is 0 Å². The van der Waals surface area contributed by atoms with Crippen molar-refractivity contribution >= 4 is 35.2 Å². The third-order valence-corrected chi connectivity index (χ3v) is 6.21. The first-order chi connectivity index (χ1) is 16.9. The van der Waals surface area contributed by atoms with Crippen LogP contribution in [0.15, 0.2) is 53.1 Å². The molecule has 0 aliphatic carbocycles. The Morgan fingerprint density at radius 1 is 1.14 bits per heavy atom. The summed E-state index contributed by atoms with van der Waals surface area (Å²) in [4.78, 5) is 36.6. The summed E-state index contributed by atoms with van der Waals surface area (Å²) < 4.78 is 15.6. The molecule has 3 rings (SSSR count). The lowest BCUT2D eigenvalue weighted by Gasteiger charge is -2.25. The van der Waals surface area contributed by atoms with E-state index in [1.54, 1.807) is 49.4 Å². The Kier molecular flexibility index (Phi) is 8.75. The van der Waals surface area contributed by atoms with Crippen LogP contribution in [0.4, 0.5) is 5.69 Å². The molecule has 2 aromatic rings. The number of nitriles is 1. The quantitative estimate of drug-likeness (QED) is 0.506. The van der Waals surface area contributed by atoms with Crippen molar-refractivity contribution in [1.29, 1.82) is 5.26 Å². The second kappa shape index (κ2) is 11.9. The fraction of sp³-hybridized carbons (Fsp3) is 0.280. The lowest BCUT2D eigenvalue weighted by Crippen LogP contribution is -2.31. The van der Waals surface area contributed by atoms with Crippen molar-refractivity contribution in [3.05, 3.63) is 64.2 Å². The Labute approximate surface area is 207 Å². The highest BCUT2D eigenvalue weighted by Gasteiger charge is 2.30. The predicted molar refractivity (Wildman–Crippen MR) is 131 cm³/mol. The Balaban J connectivity index is 1.72. The Morgan fingerprint density at radius 2 is 1.86 bits per heavy atom. The van der Waals surface area contributed by atoms with Crippen LogP contribution in [-0.2, 0) is 14.3 Å². The van der Waals surface area contributed by atoms with Crippen molar-refractivity contribution in [3.8, 4) is 17.6 Å². The lowest BCUT2D eigenvalue weighted by molar-refractivity contribution is -0.121. The minimum Gasteiger partial charge on any atom is -0.493 e. The van der Waals surface area contributed by atoms with Gasteiger partial charge in [-0.1, -0.05) is 17.8 Å². The first-order valence-corrected chi connectivity index (χ1v) is 11.7. The average molecular weight is 496 g/mol. The van der Waals surface area contributed by atoms with Gasteiger partial charge in [-0.25, -0.2) is 4.79 Å². The minimum absolute atomic E-state index is 0.0287. The van der Waals surface area contributed by atoms with Crippen LogP contribution >= 0.6 is 11.8 Å². The number of benzene rings is 2. The van der Waals surface area contributed by atoms with E-state index in [2.05, 4.69) is 16.7 Å². The number of hydrogen-bond acceptors (Lipinski definition) is 8. The molecular formula is C25H25N3O6S. The van der Waals surface area contributed by atoms with Crippen LogP contribution in [0.3, 0.4) is 0 Å². The van der Waals surface area contributed by atoms with E-state index in [0.29, 0.717) is 33.4 Å². The van der Waals surface area contributed by atoms with Crippen molar-refractivity contribution in [2.45, 2.75) is 19.3 Å². The summed E-state index contributed by atoms with van der Waals surface area (Å²) in [7, 11) is 3.04. The van der Waals surface area contributed by atoms with Crippen LogP contribution in [0.5, 0.6) is 11.5 Å². The van der Waals surface area contributed by atoms with Crippen molar-refractivity contribution in [3.63, 3.8) is 0 Å². The summed E-state index contributed by atoms with van der Waals surface area (Å²) in [6.07, 6.45) is 0.0987. The van der Waals surface area contributed by atoms with Crippen LogP contribution in [0.1, 0.15) is 35.2 Å². The molecule has 1 aliphatic heterocycles. The first kappa shape index (κ1) is 25.6. The van der Waals surface area contributed by atoms with Gasteiger partial charge in [-0.15, -0.1) is 0 Å². The fourth-order valence-electron chi connectivity index (χ4n) is 3.53. The number of hydrogen-bond donors (Lipinski definition) is 2. The van der Waals surface area contributed by atoms with Gasteiger partial charge in [-0.2, -0.15) is 5.26 Å². The number of nitrogens with zero attached hydrogens (tertiary/aromatic N) is 1. The van der Waals surface area contributed by atoms with Gasteiger partial charge in [0.25, 0.3) is 0 Å². The van der Waals surface area contributed by atoms with Crippen LogP contribution in [-0.4, -0.2) is 44.4 Å². The molecule has 0 radical (unpaired) electrons. The number of allylic oxidation sites excluding steroid dienone is 1. The Hall–Kier alpha value is -3.97. The van der Waals surface area contributed by atoms with Crippen molar-refractivity contribution in [2.24, 2.45) is 0 Å². The van der Waals surface area contributed by atoms with Gasteiger partial charge in [0.1, 0.15) is 0 Å². The molecule has 1 heterocycles. The maximum Gasteiger partial charge on any atom is 0.338 e. The number of esters is 1. The van der Waals surface area contributed by atoms with Crippen LogP contribution in [0.2, 0.25) is 0 Å². The number of carbonyl (C=O) groups excluding carboxylic acids is 3. The van der Waals surface area contributed by atoms with E-state index in [-0.39, 0.29) is 30.6 Å². The van der Waals surface area contributed by atoms with E-state index in [0.717, 1.165) is 17.3 Å². The average Bonchev–Trinajstić information content (AvgIpc) is 2.87. The number of ether oxygens (including phenoxy) is 3. The molecule has 2 amide bonds. The molecule has 10 heteroatoms. The second-order valence-corrected chi connectivity index (χ2v) is 8.39. The molecule has 182 valence electrons. The zero-order chi connectivity index (χ0) is 25.4. The highest BCUT2D eigenvalue weighted by Crippen LogP contribution is 2.39. The standard InChI is InChI=1S/C25H25N3O6S/c1-4-34-25(31)15-5-8-17(9-6-15)27-23(30)14-35-24-19(13-26)18(12-22(29)28-24)16-7-10-20(32-2)21(11-16)33-3/h5-11,18H,4,12,14H2,1-3H3,(H,27,30)(H,28,29)/t18-/m1/s1. The van der Waals surface area contributed by atoms with E-state index >= 15 is 0 Å². The molecule has 2 aromatic carbocycles. The number of amides is 2. The fourth-order valence-corrected chi connectivity index (χ4v) is 4.40. The normalized spacial score (nSPS) is 15.0. The second-order valence-electron chi connectivity index (χ2n) is 7.41. The summed E-state index contributed by atoms with van der Waals surface area (Å²) in [5, 5.41) is 15.6. The number of nitrogens with one attached hydrogen (secondary N) is 2. The highest BCUT2D eigenvalue weighted by molar-refractivity contribution is 8.03. The molecule has 0 fully saturated rings. The Bertz CT molecular complexity index is 1190. The third-order valence-electron chi connectivity index (χ3n) is 5.19. The molecule has 1 atom stereocenters. The largest absolute Gasteiger partial charge is 0.493 e. The number of anilines is 1. The number of thioether (sulfide) groups is 1. The Morgan fingerprint density at radius 3 is 2.49 bits per heavy atom.